The molecule has 7 nitrogen and oxygen atoms in total. The largest absolute Gasteiger partial charge is 0.497 e. The van der Waals surface area contributed by atoms with Crippen molar-refractivity contribution in [1.29, 1.82) is 0 Å². The van der Waals surface area contributed by atoms with Gasteiger partial charge in [-0.15, -0.1) is 0 Å². The molecule has 0 unspecified atom stereocenters. The average molecular weight is 393 g/mol. The summed E-state index contributed by atoms with van der Waals surface area (Å²) in [5.74, 6) is 0.195. The molecular formula is C18H14F3N3O4. The maximum absolute atomic E-state index is 13.7. The first-order valence-corrected chi connectivity index (χ1v) is 7.89. The second-order valence-corrected chi connectivity index (χ2v) is 5.67. The molecule has 28 heavy (non-hydrogen) atoms. The van der Waals surface area contributed by atoms with E-state index in [2.05, 4.69) is 10.3 Å². The van der Waals surface area contributed by atoms with Gasteiger partial charge in [0, 0.05) is 5.69 Å². The summed E-state index contributed by atoms with van der Waals surface area (Å²) in [4.78, 5) is 14.6. The van der Waals surface area contributed by atoms with E-state index in [1.165, 1.54) is 19.2 Å². The number of aromatic nitrogens is 1. The van der Waals surface area contributed by atoms with Gasteiger partial charge in [-0.1, -0.05) is 0 Å². The highest BCUT2D eigenvalue weighted by Crippen LogP contribution is 2.43. The van der Waals surface area contributed by atoms with Gasteiger partial charge in [0.05, 0.1) is 35.6 Å². The van der Waals surface area contributed by atoms with Crippen LogP contribution in [0.2, 0.25) is 0 Å². The van der Waals surface area contributed by atoms with Crippen molar-refractivity contribution in [2.75, 3.05) is 19.5 Å². The summed E-state index contributed by atoms with van der Waals surface area (Å²) in [7, 11) is 2.64. The van der Waals surface area contributed by atoms with Crippen molar-refractivity contribution < 1.29 is 27.6 Å². The van der Waals surface area contributed by atoms with Gasteiger partial charge in [-0.3, -0.25) is 10.1 Å². The van der Waals surface area contributed by atoms with Crippen LogP contribution in [0.15, 0.2) is 42.5 Å². The van der Waals surface area contributed by atoms with Gasteiger partial charge in [-0.2, -0.15) is 13.2 Å². The molecule has 0 fully saturated rings. The molecule has 0 bridgehead atoms. The lowest BCUT2D eigenvalue weighted by Crippen LogP contribution is -2.10. The minimum absolute atomic E-state index is 0.107. The fourth-order valence-corrected chi connectivity index (χ4v) is 2.75. The van der Waals surface area contributed by atoms with Gasteiger partial charge in [0.25, 0.3) is 0 Å². The van der Waals surface area contributed by atoms with Crippen molar-refractivity contribution >= 4 is 28.1 Å². The maximum Gasteiger partial charge on any atom is 0.417 e. The third kappa shape index (κ3) is 3.61. The van der Waals surface area contributed by atoms with E-state index in [1.807, 2.05) is 0 Å². The number of methoxy groups -OCH3 is 2. The monoisotopic (exact) mass is 393 g/mol. The predicted octanol–water partition coefficient (Wildman–Crippen LogP) is 4.92. The van der Waals surface area contributed by atoms with Gasteiger partial charge < -0.3 is 14.8 Å². The van der Waals surface area contributed by atoms with Crippen molar-refractivity contribution in [3.05, 3.63) is 58.1 Å². The summed E-state index contributed by atoms with van der Waals surface area (Å²) < 4.78 is 50.9. The Kier molecular flexibility index (Phi) is 4.95. The third-order valence-corrected chi connectivity index (χ3v) is 3.98. The standard InChI is InChI=1S/C18H14F3N3O4/c1-27-11-5-3-10(4-6-11)22-15-9-12(18(19,20)21)16-13(23-15)7-8-14(28-2)17(16)24(25)26/h3-9H,1-2H3,(H,22,23). The first kappa shape index (κ1) is 19.2. The first-order chi connectivity index (χ1) is 13.2. The molecule has 3 aromatic rings. The number of pyridine rings is 1. The maximum atomic E-state index is 13.7. The Morgan fingerprint density at radius 1 is 1.07 bits per heavy atom. The van der Waals surface area contributed by atoms with E-state index in [0.29, 0.717) is 11.4 Å². The lowest BCUT2D eigenvalue weighted by atomic mass is 10.1. The van der Waals surface area contributed by atoms with E-state index in [1.54, 1.807) is 24.3 Å². The first-order valence-electron chi connectivity index (χ1n) is 7.89. The SMILES string of the molecule is COc1ccc(Nc2cc(C(F)(F)F)c3c([N+](=O)[O-])c(OC)ccc3n2)cc1. The Morgan fingerprint density at radius 2 is 1.75 bits per heavy atom. The number of rotatable bonds is 5. The second kappa shape index (κ2) is 7.22. The van der Waals surface area contributed by atoms with E-state index >= 15 is 0 Å². The van der Waals surface area contributed by atoms with Crippen molar-refractivity contribution in [3.63, 3.8) is 0 Å². The van der Waals surface area contributed by atoms with E-state index in [9.17, 15) is 23.3 Å². The average Bonchev–Trinajstić information content (AvgIpc) is 2.66. The van der Waals surface area contributed by atoms with Crippen LogP contribution in [0.4, 0.5) is 30.4 Å². The highest BCUT2D eigenvalue weighted by Gasteiger charge is 2.37. The van der Waals surface area contributed by atoms with Gasteiger partial charge in [-0.25, -0.2) is 4.98 Å². The Bertz CT molecular complexity index is 1040. The summed E-state index contributed by atoms with van der Waals surface area (Å²) >= 11 is 0. The number of halogens is 3. The van der Waals surface area contributed by atoms with Gasteiger partial charge in [0.2, 0.25) is 0 Å². The van der Waals surface area contributed by atoms with Gasteiger partial charge in [0.1, 0.15) is 11.6 Å². The molecule has 146 valence electrons. The summed E-state index contributed by atoms with van der Waals surface area (Å²) in [6.07, 6.45) is -4.84. The van der Waals surface area contributed by atoms with Gasteiger partial charge in [0.15, 0.2) is 5.75 Å². The van der Waals surface area contributed by atoms with Crippen molar-refractivity contribution in [2.45, 2.75) is 6.18 Å². The molecule has 0 aliphatic heterocycles. The molecule has 0 saturated carbocycles. The lowest BCUT2D eigenvalue weighted by Gasteiger charge is -2.15. The zero-order valence-electron chi connectivity index (χ0n) is 14.7. The molecule has 0 radical (unpaired) electrons. The van der Waals surface area contributed by atoms with Crippen molar-refractivity contribution in [1.82, 2.24) is 4.98 Å². The number of hydrogen-bond acceptors (Lipinski definition) is 6. The van der Waals surface area contributed by atoms with E-state index < -0.39 is 27.7 Å². The molecule has 0 saturated heterocycles. The summed E-state index contributed by atoms with van der Waals surface area (Å²) in [5.41, 5.74) is -1.67. The lowest BCUT2D eigenvalue weighted by molar-refractivity contribution is -0.384. The number of nitro groups is 1. The number of nitro benzene ring substituents is 1. The number of alkyl halides is 3. The molecule has 0 amide bonds. The molecular weight excluding hydrogens is 379 g/mol. The number of nitrogens with one attached hydrogen (secondary N) is 1. The fraction of sp³-hybridized carbons (Fsp3) is 0.167. The van der Waals surface area contributed by atoms with E-state index in [-0.39, 0.29) is 17.1 Å². The van der Waals surface area contributed by atoms with Crippen molar-refractivity contribution in [3.8, 4) is 11.5 Å². The normalized spacial score (nSPS) is 11.3. The van der Waals surface area contributed by atoms with E-state index in [4.69, 9.17) is 9.47 Å². The van der Waals surface area contributed by atoms with Crippen LogP contribution in [-0.2, 0) is 6.18 Å². The number of benzene rings is 2. The van der Waals surface area contributed by atoms with Crippen molar-refractivity contribution in [2.24, 2.45) is 0 Å². The Hall–Kier alpha value is -3.56. The summed E-state index contributed by atoms with van der Waals surface area (Å²) in [5, 5.41) is 13.6. The number of anilines is 2. The Balaban J connectivity index is 2.20. The molecule has 0 spiro atoms. The zero-order chi connectivity index (χ0) is 20.5. The second-order valence-electron chi connectivity index (χ2n) is 5.67. The summed E-state index contributed by atoms with van der Waals surface area (Å²) in [6.45, 7) is 0. The van der Waals surface area contributed by atoms with Crippen LogP contribution < -0.4 is 14.8 Å². The number of ether oxygens (including phenoxy) is 2. The van der Waals surface area contributed by atoms with Crippen LogP contribution in [0.5, 0.6) is 11.5 Å². The predicted molar refractivity (Wildman–Crippen MR) is 96.2 cm³/mol. The fourth-order valence-electron chi connectivity index (χ4n) is 2.75. The van der Waals surface area contributed by atoms with Crippen LogP contribution in [-0.4, -0.2) is 24.1 Å². The minimum atomic E-state index is -4.84. The molecule has 10 heteroatoms. The van der Waals surface area contributed by atoms with E-state index in [0.717, 1.165) is 13.2 Å². The highest BCUT2D eigenvalue weighted by molar-refractivity contribution is 5.95. The summed E-state index contributed by atoms with van der Waals surface area (Å²) in [6, 6.07) is 9.66. The molecule has 3 rings (SSSR count). The van der Waals surface area contributed by atoms with Gasteiger partial charge in [-0.05, 0) is 42.5 Å². The Morgan fingerprint density at radius 3 is 2.29 bits per heavy atom. The topological polar surface area (TPSA) is 86.5 Å². The molecule has 0 atom stereocenters. The zero-order valence-corrected chi connectivity index (χ0v) is 14.7. The molecule has 0 aliphatic rings. The Labute approximate surface area is 156 Å². The number of nitrogens with zero attached hydrogens (tertiary/aromatic N) is 2. The van der Waals surface area contributed by atoms with Crippen LogP contribution in [0.25, 0.3) is 10.9 Å². The van der Waals surface area contributed by atoms with Crippen LogP contribution >= 0.6 is 0 Å². The van der Waals surface area contributed by atoms with Crippen LogP contribution in [0.3, 0.4) is 0 Å². The third-order valence-electron chi connectivity index (χ3n) is 3.98. The molecule has 1 heterocycles. The highest BCUT2D eigenvalue weighted by atomic mass is 19.4. The van der Waals surface area contributed by atoms with Gasteiger partial charge >= 0.3 is 11.9 Å². The van der Waals surface area contributed by atoms with Crippen LogP contribution in [0, 0.1) is 10.1 Å². The molecule has 0 aliphatic carbocycles. The number of hydrogen-bond donors (Lipinski definition) is 1. The number of fused-ring (bicyclic) bond motifs is 1. The quantitative estimate of drug-likeness (QED) is 0.489. The minimum Gasteiger partial charge on any atom is -0.497 e. The molecule has 1 N–H and O–H groups in total. The molecule has 2 aromatic carbocycles. The smallest absolute Gasteiger partial charge is 0.417 e. The van der Waals surface area contributed by atoms with Crippen LogP contribution in [0.1, 0.15) is 5.56 Å². The molecule has 1 aromatic heterocycles.